The van der Waals surface area contributed by atoms with Gasteiger partial charge < -0.3 is 15.7 Å². The van der Waals surface area contributed by atoms with Gasteiger partial charge in [0.2, 0.25) is 0 Å². The highest BCUT2D eigenvalue weighted by atomic mass is 79.9. The van der Waals surface area contributed by atoms with Gasteiger partial charge in [0.05, 0.1) is 0 Å². The maximum absolute atomic E-state index is 11.7. The van der Waals surface area contributed by atoms with Gasteiger partial charge in [-0.05, 0) is 48.2 Å². The summed E-state index contributed by atoms with van der Waals surface area (Å²) in [6.45, 7) is 1.17. The fourth-order valence-corrected chi connectivity index (χ4v) is 2.28. The van der Waals surface area contributed by atoms with Crippen LogP contribution in [0.2, 0.25) is 0 Å². The van der Waals surface area contributed by atoms with E-state index in [1.165, 1.54) is 5.56 Å². The maximum Gasteiger partial charge on any atom is 0.314 e. The number of urea groups is 1. The third-order valence-corrected chi connectivity index (χ3v) is 3.78. The molecular formula is C17H19BrN2O2. The molecule has 2 aromatic rings. The third-order valence-electron chi connectivity index (χ3n) is 3.25. The van der Waals surface area contributed by atoms with Gasteiger partial charge in [-0.2, -0.15) is 0 Å². The molecule has 2 amide bonds. The molecule has 0 unspecified atom stereocenters. The second-order valence-corrected chi connectivity index (χ2v) is 5.89. The van der Waals surface area contributed by atoms with Crippen LogP contribution in [0.5, 0.6) is 5.75 Å². The van der Waals surface area contributed by atoms with Crippen LogP contribution in [0.3, 0.4) is 0 Å². The Balaban J connectivity index is 1.61. The Morgan fingerprint density at radius 3 is 1.82 bits per heavy atom. The molecule has 0 fully saturated rings. The molecule has 0 heterocycles. The number of carbonyl (C=O) groups is 1. The molecule has 0 atom stereocenters. The zero-order valence-corrected chi connectivity index (χ0v) is 13.8. The Bertz CT molecular complexity index is 544. The SMILES string of the molecule is O=C(NCCc1ccc(O)cc1)NCCc1ccc(Br)cc1. The van der Waals surface area contributed by atoms with Gasteiger partial charge in [0.15, 0.2) is 0 Å². The Kier molecular flexibility index (Phi) is 6.27. The van der Waals surface area contributed by atoms with Crippen molar-refractivity contribution in [3.05, 3.63) is 64.1 Å². The van der Waals surface area contributed by atoms with Gasteiger partial charge in [-0.15, -0.1) is 0 Å². The number of nitrogens with one attached hydrogen (secondary N) is 2. The zero-order valence-electron chi connectivity index (χ0n) is 12.2. The first-order valence-corrected chi connectivity index (χ1v) is 7.97. The number of rotatable bonds is 6. The molecule has 3 N–H and O–H groups in total. The fraction of sp³-hybridized carbons (Fsp3) is 0.235. The predicted octanol–water partition coefficient (Wildman–Crippen LogP) is 3.24. The van der Waals surface area contributed by atoms with Crippen molar-refractivity contribution in [1.82, 2.24) is 10.6 Å². The zero-order chi connectivity index (χ0) is 15.8. The van der Waals surface area contributed by atoms with Crippen LogP contribution in [0.4, 0.5) is 4.79 Å². The topological polar surface area (TPSA) is 61.4 Å². The van der Waals surface area contributed by atoms with Gasteiger partial charge in [0, 0.05) is 17.6 Å². The summed E-state index contributed by atoms with van der Waals surface area (Å²) < 4.78 is 1.05. The average molecular weight is 363 g/mol. The molecule has 0 radical (unpaired) electrons. The molecular weight excluding hydrogens is 344 g/mol. The van der Waals surface area contributed by atoms with E-state index in [1.54, 1.807) is 12.1 Å². The van der Waals surface area contributed by atoms with Gasteiger partial charge in [0.25, 0.3) is 0 Å². The Labute approximate surface area is 138 Å². The van der Waals surface area contributed by atoms with Gasteiger partial charge >= 0.3 is 6.03 Å². The summed E-state index contributed by atoms with van der Waals surface area (Å²) in [7, 11) is 0. The summed E-state index contributed by atoms with van der Waals surface area (Å²) in [4.78, 5) is 11.7. The van der Waals surface area contributed by atoms with Crippen LogP contribution in [-0.4, -0.2) is 24.2 Å². The minimum Gasteiger partial charge on any atom is -0.508 e. The smallest absolute Gasteiger partial charge is 0.314 e. The number of phenols is 1. The number of halogens is 1. The molecule has 0 spiro atoms. The third kappa shape index (κ3) is 5.77. The second kappa shape index (κ2) is 8.44. The monoisotopic (exact) mass is 362 g/mol. The summed E-state index contributed by atoms with van der Waals surface area (Å²) in [5.74, 6) is 0.252. The van der Waals surface area contributed by atoms with Crippen LogP contribution in [0.1, 0.15) is 11.1 Å². The molecule has 2 rings (SSSR count). The number of phenolic OH excluding ortho intramolecular Hbond substituents is 1. The van der Waals surface area contributed by atoms with E-state index < -0.39 is 0 Å². The van der Waals surface area contributed by atoms with E-state index in [-0.39, 0.29) is 11.8 Å². The van der Waals surface area contributed by atoms with Crippen molar-refractivity contribution < 1.29 is 9.90 Å². The van der Waals surface area contributed by atoms with E-state index in [1.807, 2.05) is 36.4 Å². The summed E-state index contributed by atoms with van der Waals surface area (Å²) >= 11 is 3.39. The van der Waals surface area contributed by atoms with E-state index in [4.69, 9.17) is 0 Å². The molecule has 0 aliphatic carbocycles. The first kappa shape index (κ1) is 16.4. The van der Waals surface area contributed by atoms with Crippen molar-refractivity contribution in [2.45, 2.75) is 12.8 Å². The van der Waals surface area contributed by atoms with Crippen molar-refractivity contribution >= 4 is 22.0 Å². The normalized spacial score (nSPS) is 10.2. The fourth-order valence-electron chi connectivity index (χ4n) is 2.02. The lowest BCUT2D eigenvalue weighted by Gasteiger charge is -2.08. The van der Waals surface area contributed by atoms with E-state index >= 15 is 0 Å². The first-order chi connectivity index (χ1) is 10.6. The van der Waals surface area contributed by atoms with Crippen molar-refractivity contribution in [1.29, 1.82) is 0 Å². The number of hydrogen-bond acceptors (Lipinski definition) is 2. The molecule has 2 aromatic carbocycles. The number of amides is 2. The second-order valence-electron chi connectivity index (χ2n) is 4.98. The molecule has 0 aromatic heterocycles. The lowest BCUT2D eigenvalue weighted by molar-refractivity contribution is 0.241. The first-order valence-electron chi connectivity index (χ1n) is 7.17. The molecule has 22 heavy (non-hydrogen) atoms. The van der Waals surface area contributed by atoms with Crippen LogP contribution < -0.4 is 10.6 Å². The molecule has 0 aliphatic heterocycles. The van der Waals surface area contributed by atoms with Crippen LogP contribution >= 0.6 is 15.9 Å². The highest BCUT2D eigenvalue weighted by molar-refractivity contribution is 9.10. The van der Waals surface area contributed by atoms with E-state index in [0.29, 0.717) is 13.1 Å². The van der Waals surface area contributed by atoms with E-state index in [9.17, 15) is 9.90 Å². The van der Waals surface area contributed by atoms with Crippen LogP contribution in [0, 0.1) is 0 Å². The lowest BCUT2D eigenvalue weighted by Crippen LogP contribution is -2.37. The minimum absolute atomic E-state index is 0.157. The summed E-state index contributed by atoms with van der Waals surface area (Å²) in [5, 5.41) is 14.9. The van der Waals surface area contributed by atoms with Gasteiger partial charge in [-0.25, -0.2) is 4.79 Å². The maximum atomic E-state index is 11.7. The van der Waals surface area contributed by atoms with E-state index in [2.05, 4.69) is 26.6 Å². The largest absolute Gasteiger partial charge is 0.508 e. The molecule has 0 saturated carbocycles. The number of hydrogen-bond donors (Lipinski definition) is 3. The minimum atomic E-state index is -0.157. The summed E-state index contributed by atoms with van der Waals surface area (Å²) in [5.41, 5.74) is 2.26. The number of aromatic hydroxyl groups is 1. The van der Waals surface area contributed by atoms with Crippen LogP contribution in [-0.2, 0) is 12.8 Å². The van der Waals surface area contributed by atoms with Crippen LogP contribution in [0.25, 0.3) is 0 Å². The predicted molar refractivity (Wildman–Crippen MR) is 91.1 cm³/mol. The molecule has 0 bridgehead atoms. The van der Waals surface area contributed by atoms with Crippen LogP contribution in [0.15, 0.2) is 53.0 Å². The quantitative estimate of drug-likeness (QED) is 0.738. The van der Waals surface area contributed by atoms with Crippen molar-refractivity contribution in [2.24, 2.45) is 0 Å². The Morgan fingerprint density at radius 1 is 0.864 bits per heavy atom. The highest BCUT2D eigenvalue weighted by Gasteiger charge is 2.00. The average Bonchev–Trinajstić information content (AvgIpc) is 2.51. The summed E-state index contributed by atoms with van der Waals surface area (Å²) in [6.07, 6.45) is 1.54. The van der Waals surface area contributed by atoms with Crippen molar-refractivity contribution in [3.63, 3.8) is 0 Å². The molecule has 4 nitrogen and oxygen atoms in total. The summed E-state index contributed by atoms with van der Waals surface area (Å²) in [6, 6.07) is 14.9. The van der Waals surface area contributed by atoms with Gasteiger partial charge in [0.1, 0.15) is 5.75 Å². The standard InChI is InChI=1S/C17H19BrN2O2/c18-15-5-1-13(2-6-15)9-11-19-17(22)20-12-10-14-3-7-16(21)8-4-14/h1-8,21H,9-12H2,(H2,19,20,22). The molecule has 116 valence electrons. The number of carbonyl (C=O) groups excluding carboxylic acids is 1. The lowest BCUT2D eigenvalue weighted by atomic mass is 10.1. The van der Waals surface area contributed by atoms with Gasteiger partial charge in [-0.1, -0.05) is 40.2 Å². The Hall–Kier alpha value is -2.01. The number of benzene rings is 2. The van der Waals surface area contributed by atoms with Crippen molar-refractivity contribution in [2.75, 3.05) is 13.1 Å². The molecule has 5 heteroatoms. The molecule has 0 saturated heterocycles. The van der Waals surface area contributed by atoms with Crippen molar-refractivity contribution in [3.8, 4) is 5.75 Å². The Morgan fingerprint density at radius 2 is 1.32 bits per heavy atom. The van der Waals surface area contributed by atoms with Gasteiger partial charge in [-0.3, -0.25) is 0 Å². The highest BCUT2D eigenvalue weighted by Crippen LogP contribution is 2.11. The van der Waals surface area contributed by atoms with E-state index in [0.717, 1.165) is 22.9 Å². The molecule has 0 aliphatic rings.